The van der Waals surface area contributed by atoms with Crippen molar-refractivity contribution in [2.45, 2.75) is 19.4 Å². The van der Waals surface area contributed by atoms with Gasteiger partial charge in [-0.1, -0.05) is 17.7 Å². The number of ether oxygens (including phenoxy) is 1. The second-order valence-corrected chi connectivity index (χ2v) is 3.94. The van der Waals surface area contributed by atoms with E-state index in [2.05, 4.69) is 12.2 Å². The maximum Gasteiger partial charge on any atom is 0.0765 e. The number of hydrogen-bond donors (Lipinski definition) is 2. The molecule has 0 saturated heterocycles. The van der Waals surface area contributed by atoms with Crippen molar-refractivity contribution in [3.63, 3.8) is 0 Å². The van der Waals surface area contributed by atoms with Crippen LogP contribution in [0.3, 0.4) is 0 Å². The summed E-state index contributed by atoms with van der Waals surface area (Å²) in [4.78, 5) is 0. The molecule has 84 valence electrons. The van der Waals surface area contributed by atoms with E-state index in [0.717, 1.165) is 18.7 Å². The Kier molecular flexibility index (Phi) is 4.72. The van der Waals surface area contributed by atoms with Gasteiger partial charge in [-0.05, 0) is 25.5 Å². The maximum atomic E-state index is 6.03. The lowest BCUT2D eigenvalue weighted by Crippen LogP contribution is -2.18. The highest BCUT2D eigenvalue weighted by Crippen LogP contribution is 2.28. The van der Waals surface area contributed by atoms with Crippen LogP contribution in [0.5, 0.6) is 0 Å². The minimum absolute atomic E-state index is 0.284. The largest absolute Gasteiger partial charge is 0.397 e. The zero-order valence-electron chi connectivity index (χ0n) is 9.09. The van der Waals surface area contributed by atoms with Crippen LogP contribution >= 0.6 is 11.6 Å². The van der Waals surface area contributed by atoms with Gasteiger partial charge in [-0.25, -0.2) is 0 Å². The SMILES string of the molecule is COCCC(C)Nc1c(N)cccc1Cl. The fraction of sp³-hybridized carbons (Fsp3) is 0.455. The molecule has 3 nitrogen and oxygen atoms in total. The van der Waals surface area contributed by atoms with Crippen LogP contribution in [0.2, 0.25) is 5.02 Å². The summed E-state index contributed by atoms with van der Waals surface area (Å²) >= 11 is 6.03. The van der Waals surface area contributed by atoms with Gasteiger partial charge in [0.25, 0.3) is 0 Å². The number of nitrogens with two attached hydrogens (primary N) is 1. The summed E-state index contributed by atoms with van der Waals surface area (Å²) < 4.78 is 5.01. The van der Waals surface area contributed by atoms with Crippen molar-refractivity contribution in [1.29, 1.82) is 0 Å². The summed E-state index contributed by atoms with van der Waals surface area (Å²) in [7, 11) is 1.69. The Hall–Kier alpha value is -0.930. The van der Waals surface area contributed by atoms with Gasteiger partial charge in [0.1, 0.15) is 0 Å². The van der Waals surface area contributed by atoms with E-state index in [1.807, 2.05) is 18.2 Å². The highest BCUT2D eigenvalue weighted by molar-refractivity contribution is 6.33. The molecule has 0 aliphatic carbocycles. The molecule has 0 heterocycles. The molecule has 0 spiro atoms. The van der Waals surface area contributed by atoms with E-state index in [9.17, 15) is 0 Å². The predicted octanol–water partition coefficient (Wildman–Crippen LogP) is 2.76. The lowest BCUT2D eigenvalue weighted by atomic mass is 10.2. The van der Waals surface area contributed by atoms with Crippen molar-refractivity contribution >= 4 is 23.0 Å². The highest BCUT2D eigenvalue weighted by Gasteiger charge is 2.07. The smallest absolute Gasteiger partial charge is 0.0765 e. The van der Waals surface area contributed by atoms with Crippen molar-refractivity contribution < 1.29 is 4.74 Å². The molecule has 15 heavy (non-hydrogen) atoms. The Labute approximate surface area is 95.6 Å². The highest BCUT2D eigenvalue weighted by atomic mass is 35.5. The zero-order valence-corrected chi connectivity index (χ0v) is 9.84. The number of rotatable bonds is 5. The Morgan fingerprint density at radius 1 is 1.53 bits per heavy atom. The van der Waals surface area contributed by atoms with Crippen LogP contribution in [0.25, 0.3) is 0 Å². The van der Waals surface area contributed by atoms with Crippen LogP contribution in [-0.2, 0) is 4.74 Å². The van der Waals surface area contributed by atoms with Crippen LogP contribution in [-0.4, -0.2) is 19.8 Å². The van der Waals surface area contributed by atoms with Crippen molar-refractivity contribution in [2.24, 2.45) is 0 Å². The lowest BCUT2D eigenvalue weighted by Gasteiger charge is -2.17. The molecular formula is C11H17ClN2O. The Bertz CT molecular complexity index is 297. The first kappa shape index (κ1) is 12.1. The number of anilines is 2. The van der Waals surface area contributed by atoms with Gasteiger partial charge in [-0.2, -0.15) is 0 Å². The van der Waals surface area contributed by atoms with Gasteiger partial charge in [0, 0.05) is 19.8 Å². The minimum atomic E-state index is 0.284. The predicted molar refractivity (Wildman–Crippen MR) is 65.4 cm³/mol. The van der Waals surface area contributed by atoms with Gasteiger partial charge < -0.3 is 15.8 Å². The molecule has 0 aromatic heterocycles. The molecule has 4 heteroatoms. The van der Waals surface area contributed by atoms with Gasteiger partial charge in [0.05, 0.1) is 16.4 Å². The quantitative estimate of drug-likeness (QED) is 0.762. The Morgan fingerprint density at radius 2 is 2.27 bits per heavy atom. The normalized spacial score (nSPS) is 12.5. The number of para-hydroxylation sites is 1. The molecular weight excluding hydrogens is 212 g/mol. The standard InChI is InChI=1S/C11H17ClN2O/c1-8(6-7-15-2)14-11-9(12)4-3-5-10(11)13/h3-5,8,14H,6-7,13H2,1-2H3. The molecule has 1 atom stereocenters. The van der Waals surface area contributed by atoms with Gasteiger partial charge in [-0.3, -0.25) is 0 Å². The first-order valence-corrected chi connectivity index (χ1v) is 5.32. The fourth-order valence-electron chi connectivity index (χ4n) is 1.31. The van der Waals surface area contributed by atoms with Crippen molar-refractivity contribution in [2.75, 3.05) is 24.8 Å². The summed E-state index contributed by atoms with van der Waals surface area (Å²) in [6.07, 6.45) is 0.918. The molecule has 0 bridgehead atoms. The molecule has 0 aliphatic heterocycles. The molecule has 0 aliphatic rings. The molecule has 1 aromatic carbocycles. The number of nitrogen functional groups attached to an aromatic ring is 1. The third-order valence-electron chi connectivity index (χ3n) is 2.19. The molecule has 3 N–H and O–H groups in total. The molecule has 1 rings (SSSR count). The second-order valence-electron chi connectivity index (χ2n) is 3.53. The average molecular weight is 229 g/mol. The summed E-state index contributed by atoms with van der Waals surface area (Å²) in [5.41, 5.74) is 7.30. The number of halogens is 1. The Balaban J connectivity index is 2.63. The molecule has 0 radical (unpaired) electrons. The third-order valence-corrected chi connectivity index (χ3v) is 2.51. The second kappa shape index (κ2) is 5.83. The lowest BCUT2D eigenvalue weighted by molar-refractivity contribution is 0.191. The first-order chi connectivity index (χ1) is 7.15. The van der Waals surface area contributed by atoms with E-state index >= 15 is 0 Å². The Morgan fingerprint density at radius 3 is 2.87 bits per heavy atom. The summed E-state index contributed by atoms with van der Waals surface area (Å²) in [6.45, 7) is 2.79. The van der Waals surface area contributed by atoms with Crippen molar-refractivity contribution in [3.05, 3.63) is 23.2 Å². The number of benzene rings is 1. The summed E-state index contributed by atoms with van der Waals surface area (Å²) in [5, 5.41) is 3.93. The summed E-state index contributed by atoms with van der Waals surface area (Å²) in [6, 6.07) is 5.77. The topological polar surface area (TPSA) is 47.3 Å². The van der Waals surface area contributed by atoms with E-state index in [1.165, 1.54) is 0 Å². The van der Waals surface area contributed by atoms with Gasteiger partial charge in [0.2, 0.25) is 0 Å². The van der Waals surface area contributed by atoms with Gasteiger partial charge in [0.15, 0.2) is 0 Å². The van der Waals surface area contributed by atoms with E-state index < -0.39 is 0 Å². The summed E-state index contributed by atoms with van der Waals surface area (Å²) in [5.74, 6) is 0. The van der Waals surface area contributed by atoms with Crippen molar-refractivity contribution in [3.8, 4) is 0 Å². The molecule has 1 unspecified atom stereocenters. The number of hydrogen-bond acceptors (Lipinski definition) is 3. The average Bonchev–Trinajstić information content (AvgIpc) is 2.21. The minimum Gasteiger partial charge on any atom is -0.397 e. The molecule has 0 fully saturated rings. The third kappa shape index (κ3) is 3.61. The fourth-order valence-corrected chi connectivity index (χ4v) is 1.54. The van der Waals surface area contributed by atoms with Gasteiger partial charge in [-0.15, -0.1) is 0 Å². The number of methoxy groups -OCH3 is 1. The molecule has 0 amide bonds. The van der Waals surface area contributed by atoms with E-state index in [0.29, 0.717) is 10.7 Å². The van der Waals surface area contributed by atoms with E-state index in [-0.39, 0.29) is 6.04 Å². The number of nitrogens with one attached hydrogen (secondary N) is 1. The van der Waals surface area contributed by atoms with Crippen LogP contribution in [0.15, 0.2) is 18.2 Å². The van der Waals surface area contributed by atoms with Crippen LogP contribution < -0.4 is 11.1 Å². The molecule has 0 saturated carbocycles. The first-order valence-electron chi connectivity index (χ1n) is 4.94. The van der Waals surface area contributed by atoms with Crippen LogP contribution in [0, 0.1) is 0 Å². The van der Waals surface area contributed by atoms with Crippen molar-refractivity contribution in [1.82, 2.24) is 0 Å². The van der Waals surface area contributed by atoms with Gasteiger partial charge >= 0.3 is 0 Å². The van der Waals surface area contributed by atoms with E-state index in [4.69, 9.17) is 22.1 Å². The van der Waals surface area contributed by atoms with Crippen LogP contribution in [0.1, 0.15) is 13.3 Å². The van der Waals surface area contributed by atoms with E-state index in [1.54, 1.807) is 7.11 Å². The van der Waals surface area contributed by atoms with Crippen LogP contribution in [0.4, 0.5) is 11.4 Å². The molecule has 1 aromatic rings. The zero-order chi connectivity index (χ0) is 11.3. The maximum absolute atomic E-state index is 6.03. The monoisotopic (exact) mass is 228 g/mol.